The van der Waals surface area contributed by atoms with Crippen molar-refractivity contribution in [3.8, 4) is 0 Å². The standard InChI is InChI=1S/C12H22N4O/c1-12(2,17-3)10-7-11(15-14-10)16-6-4-5-9(13)8-16/h7,9H,4-6,8,13H2,1-3H3,(H,14,15). The molecule has 0 bridgehead atoms. The SMILES string of the molecule is COC(C)(C)c1cc(N2CCCC(N)C2)n[nH]1. The van der Waals surface area contributed by atoms with Crippen LogP contribution in [0, 0.1) is 0 Å². The van der Waals surface area contributed by atoms with E-state index in [2.05, 4.69) is 21.2 Å². The summed E-state index contributed by atoms with van der Waals surface area (Å²) in [4.78, 5) is 2.24. The molecule has 1 aromatic rings. The lowest BCUT2D eigenvalue weighted by Crippen LogP contribution is -2.43. The Hall–Kier alpha value is -1.07. The Bertz CT molecular complexity index is 374. The van der Waals surface area contributed by atoms with Crippen molar-refractivity contribution in [2.45, 2.75) is 38.3 Å². The van der Waals surface area contributed by atoms with E-state index in [0.717, 1.165) is 37.4 Å². The Labute approximate surface area is 102 Å². The van der Waals surface area contributed by atoms with Crippen molar-refractivity contribution in [2.75, 3.05) is 25.1 Å². The first kappa shape index (κ1) is 12.4. The molecule has 0 radical (unpaired) electrons. The van der Waals surface area contributed by atoms with Gasteiger partial charge >= 0.3 is 0 Å². The van der Waals surface area contributed by atoms with Crippen LogP contribution in [0.2, 0.25) is 0 Å². The monoisotopic (exact) mass is 238 g/mol. The van der Waals surface area contributed by atoms with E-state index in [0.29, 0.717) is 0 Å². The minimum Gasteiger partial charge on any atom is -0.373 e. The van der Waals surface area contributed by atoms with Gasteiger partial charge in [0.05, 0.1) is 5.69 Å². The number of hydrogen-bond donors (Lipinski definition) is 2. The molecule has 0 amide bonds. The number of nitrogens with one attached hydrogen (secondary N) is 1. The molecule has 1 atom stereocenters. The summed E-state index contributed by atoms with van der Waals surface area (Å²) in [5.74, 6) is 0.972. The number of nitrogens with zero attached hydrogens (tertiary/aromatic N) is 2. The zero-order valence-corrected chi connectivity index (χ0v) is 10.9. The number of methoxy groups -OCH3 is 1. The molecule has 3 N–H and O–H groups in total. The van der Waals surface area contributed by atoms with Gasteiger partial charge in [-0.2, -0.15) is 5.10 Å². The van der Waals surface area contributed by atoms with Crippen LogP contribution in [0.3, 0.4) is 0 Å². The summed E-state index contributed by atoms with van der Waals surface area (Å²) in [6, 6.07) is 2.32. The van der Waals surface area contributed by atoms with E-state index in [1.807, 2.05) is 13.8 Å². The second-order valence-electron chi connectivity index (χ2n) is 5.20. The number of rotatable bonds is 3. The van der Waals surface area contributed by atoms with Gasteiger partial charge in [0, 0.05) is 32.3 Å². The summed E-state index contributed by atoms with van der Waals surface area (Å²) < 4.78 is 5.43. The molecule has 1 saturated heterocycles. The van der Waals surface area contributed by atoms with Crippen LogP contribution in [-0.4, -0.2) is 36.4 Å². The second-order valence-corrected chi connectivity index (χ2v) is 5.20. The zero-order chi connectivity index (χ0) is 12.5. The van der Waals surface area contributed by atoms with Crippen LogP contribution in [-0.2, 0) is 10.3 Å². The molecular formula is C12H22N4O. The molecular weight excluding hydrogens is 216 g/mol. The molecule has 1 aromatic heterocycles. The molecule has 5 nitrogen and oxygen atoms in total. The largest absolute Gasteiger partial charge is 0.373 e. The molecule has 1 aliphatic rings. The Kier molecular flexibility index (Phi) is 3.40. The van der Waals surface area contributed by atoms with Crippen molar-refractivity contribution in [3.05, 3.63) is 11.8 Å². The first-order valence-electron chi connectivity index (χ1n) is 6.14. The van der Waals surface area contributed by atoms with Gasteiger partial charge in [0.1, 0.15) is 5.60 Å². The van der Waals surface area contributed by atoms with Crippen molar-refractivity contribution < 1.29 is 4.74 Å². The fourth-order valence-corrected chi connectivity index (χ4v) is 2.11. The maximum absolute atomic E-state index is 5.98. The predicted octanol–water partition coefficient (Wildman–Crippen LogP) is 1.22. The molecule has 2 heterocycles. The normalized spacial score (nSPS) is 21.9. The number of aromatic nitrogens is 2. The zero-order valence-electron chi connectivity index (χ0n) is 10.9. The highest BCUT2D eigenvalue weighted by atomic mass is 16.5. The molecule has 17 heavy (non-hydrogen) atoms. The van der Waals surface area contributed by atoms with Crippen LogP contribution in [0.4, 0.5) is 5.82 Å². The van der Waals surface area contributed by atoms with Crippen molar-refractivity contribution in [3.63, 3.8) is 0 Å². The second kappa shape index (κ2) is 4.66. The highest BCUT2D eigenvalue weighted by Gasteiger charge is 2.25. The number of piperidine rings is 1. The van der Waals surface area contributed by atoms with Gasteiger partial charge in [-0.05, 0) is 26.7 Å². The van der Waals surface area contributed by atoms with Crippen LogP contribution < -0.4 is 10.6 Å². The lowest BCUT2D eigenvalue weighted by molar-refractivity contribution is 0.0154. The topological polar surface area (TPSA) is 67.2 Å². The van der Waals surface area contributed by atoms with E-state index < -0.39 is 0 Å². The van der Waals surface area contributed by atoms with Crippen LogP contribution in [0.1, 0.15) is 32.4 Å². The Morgan fingerprint density at radius 3 is 3.00 bits per heavy atom. The van der Waals surface area contributed by atoms with E-state index in [1.165, 1.54) is 0 Å². The fraction of sp³-hybridized carbons (Fsp3) is 0.750. The number of hydrogen-bond acceptors (Lipinski definition) is 4. The molecule has 1 unspecified atom stereocenters. The van der Waals surface area contributed by atoms with Gasteiger partial charge in [0.25, 0.3) is 0 Å². The lowest BCUT2D eigenvalue weighted by Gasteiger charge is -2.30. The Balaban J connectivity index is 2.12. The Morgan fingerprint density at radius 1 is 1.59 bits per heavy atom. The molecule has 0 saturated carbocycles. The van der Waals surface area contributed by atoms with Crippen molar-refractivity contribution in [2.24, 2.45) is 5.73 Å². The van der Waals surface area contributed by atoms with Gasteiger partial charge in [-0.3, -0.25) is 5.10 Å². The van der Waals surface area contributed by atoms with Gasteiger partial charge in [0.2, 0.25) is 0 Å². The summed E-state index contributed by atoms with van der Waals surface area (Å²) in [7, 11) is 1.71. The van der Waals surface area contributed by atoms with E-state index >= 15 is 0 Å². The molecule has 2 rings (SSSR count). The minimum absolute atomic E-state index is 0.263. The molecule has 1 fully saturated rings. The smallest absolute Gasteiger partial charge is 0.150 e. The van der Waals surface area contributed by atoms with E-state index in [9.17, 15) is 0 Å². The van der Waals surface area contributed by atoms with Crippen molar-refractivity contribution >= 4 is 5.82 Å². The van der Waals surface area contributed by atoms with Crippen LogP contribution in [0.15, 0.2) is 6.07 Å². The fourth-order valence-electron chi connectivity index (χ4n) is 2.11. The highest BCUT2D eigenvalue weighted by molar-refractivity contribution is 5.41. The quantitative estimate of drug-likeness (QED) is 0.831. The highest BCUT2D eigenvalue weighted by Crippen LogP contribution is 2.26. The van der Waals surface area contributed by atoms with E-state index in [4.69, 9.17) is 10.5 Å². The van der Waals surface area contributed by atoms with Gasteiger partial charge < -0.3 is 15.4 Å². The minimum atomic E-state index is -0.330. The third-order valence-electron chi connectivity index (χ3n) is 3.51. The molecule has 0 spiro atoms. The third-order valence-corrected chi connectivity index (χ3v) is 3.51. The average molecular weight is 238 g/mol. The number of ether oxygens (including phenoxy) is 1. The molecule has 1 aliphatic heterocycles. The maximum atomic E-state index is 5.98. The summed E-state index contributed by atoms with van der Waals surface area (Å²) in [6.07, 6.45) is 2.24. The third kappa shape index (κ3) is 2.61. The summed E-state index contributed by atoms with van der Waals surface area (Å²) in [5, 5.41) is 7.41. The van der Waals surface area contributed by atoms with Crippen molar-refractivity contribution in [1.29, 1.82) is 0 Å². The molecule has 96 valence electrons. The maximum Gasteiger partial charge on any atom is 0.150 e. The van der Waals surface area contributed by atoms with E-state index in [-0.39, 0.29) is 11.6 Å². The average Bonchev–Trinajstić information content (AvgIpc) is 2.79. The summed E-state index contributed by atoms with van der Waals surface area (Å²) in [5.41, 5.74) is 6.64. The molecule has 5 heteroatoms. The van der Waals surface area contributed by atoms with Gasteiger partial charge in [0.15, 0.2) is 5.82 Å². The predicted molar refractivity (Wildman–Crippen MR) is 68.0 cm³/mol. The first-order valence-corrected chi connectivity index (χ1v) is 6.14. The van der Waals surface area contributed by atoms with Crippen LogP contribution in [0.5, 0.6) is 0 Å². The van der Waals surface area contributed by atoms with Crippen LogP contribution in [0.25, 0.3) is 0 Å². The lowest BCUT2D eigenvalue weighted by atomic mass is 10.0. The van der Waals surface area contributed by atoms with Crippen LogP contribution >= 0.6 is 0 Å². The number of nitrogens with two attached hydrogens (primary N) is 1. The summed E-state index contributed by atoms with van der Waals surface area (Å²) in [6.45, 7) is 5.96. The Morgan fingerprint density at radius 2 is 2.35 bits per heavy atom. The number of H-pyrrole nitrogens is 1. The molecule has 0 aromatic carbocycles. The van der Waals surface area contributed by atoms with E-state index in [1.54, 1.807) is 7.11 Å². The van der Waals surface area contributed by atoms with Gasteiger partial charge in [-0.25, -0.2) is 0 Å². The molecule has 0 aliphatic carbocycles. The van der Waals surface area contributed by atoms with Crippen molar-refractivity contribution in [1.82, 2.24) is 10.2 Å². The van der Waals surface area contributed by atoms with Gasteiger partial charge in [-0.15, -0.1) is 0 Å². The van der Waals surface area contributed by atoms with Gasteiger partial charge in [-0.1, -0.05) is 0 Å². The first-order chi connectivity index (χ1) is 8.03. The number of aromatic amines is 1. The summed E-state index contributed by atoms with van der Waals surface area (Å²) >= 11 is 0. The number of anilines is 1.